The number of carbonyl (C=O) groups excluding carboxylic acids is 1. The molecule has 0 radical (unpaired) electrons. The highest BCUT2D eigenvalue weighted by molar-refractivity contribution is 5.72. The third-order valence-electron chi connectivity index (χ3n) is 10.1. The van der Waals surface area contributed by atoms with Gasteiger partial charge in [0.05, 0.1) is 6.10 Å². The number of esters is 1. The maximum atomic E-state index is 13.1. The summed E-state index contributed by atoms with van der Waals surface area (Å²) in [5, 5.41) is 10.1. The van der Waals surface area contributed by atoms with E-state index in [1.54, 1.807) is 18.2 Å². The number of aliphatic hydroxyl groups is 1. The van der Waals surface area contributed by atoms with Crippen molar-refractivity contribution >= 4 is 5.97 Å². The maximum Gasteiger partial charge on any atom is 0.345 e. The van der Waals surface area contributed by atoms with Gasteiger partial charge in [0, 0.05) is 11.5 Å². The van der Waals surface area contributed by atoms with E-state index < -0.39 is 11.6 Å². The van der Waals surface area contributed by atoms with Crippen LogP contribution >= 0.6 is 0 Å². The van der Waals surface area contributed by atoms with Crippen LogP contribution in [0.25, 0.3) is 0 Å². The van der Waals surface area contributed by atoms with Gasteiger partial charge in [0.2, 0.25) is 6.79 Å². The van der Waals surface area contributed by atoms with Crippen LogP contribution in [-0.2, 0) is 9.53 Å². The van der Waals surface area contributed by atoms with Crippen molar-refractivity contribution in [1.82, 2.24) is 0 Å². The first-order valence-corrected chi connectivity index (χ1v) is 13.6. The molecule has 0 aromatic heterocycles. The largest absolute Gasteiger partial charge is 0.482 e. The lowest BCUT2D eigenvalue weighted by Gasteiger charge is -2.56. The normalized spacial score (nSPS) is 38.1. The number of hydrogen-bond acceptors (Lipinski definition) is 6. The van der Waals surface area contributed by atoms with Crippen LogP contribution in [0.2, 0.25) is 0 Å². The molecule has 5 unspecified atom stereocenters. The molecule has 36 heavy (non-hydrogen) atoms. The van der Waals surface area contributed by atoms with Gasteiger partial charge in [-0.05, 0) is 93.6 Å². The molecular formula is C30H36O6. The van der Waals surface area contributed by atoms with Gasteiger partial charge < -0.3 is 24.1 Å². The first kappa shape index (κ1) is 23.7. The highest BCUT2D eigenvalue weighted by Crippen LogP contribution is 2.67. The molecule has 1 N–H and O–H groups in total. The monoisotopic (exact) mass is 492 g/mol. The molecule has 1 aromatic carbocycles. The quantitative estimate of drug-likeness (QED) is 0.353. The second-order valence-corrected chi connectivity index (χ2v) is 11.3. The van der Waals surface area contributed by atoms with Crippen molar-refractivity contribution in [3.63, 3.8) is 0 Å². The van der Waals surface area contributed by atoms with Gasteiger partial charge in [0.1, 0.15) is 5.75 Å². The van der Waals surface area contributed by atoms with Crippen molar-refractivity contribution in [2.45, 2.75) is 76.4 Å². The van der Waals surface area contributed by atoms with Crippen LogP contribution in [0.15, 0.2) is 29.8 Å². The molecule has 6 rings (SSSR count). The van der Waals surface area contributed by atoms with Gasteiger partial charge in [0.25, 0.3) is 0 Å². The summed E-state index contributed by atoms with van der Waals surface area (Å²) in [4.78, 5) is 13.1. The van der Waals surface area contributed by atoms with E-state index in [0.717, 1.165) is 51.4 Å². The summed E-state index contributed by atoms with van der Waals surface area (Å²) >= 11 is 0. The van der Waals surface area contributed by atoms with Crippen LogP contribution in [0.4, 0.5) is 0 Å². The molecule has 1 aromatic rings. The van der Waals surface area contributed by atoms with Gasteiger partial charge in [-0.25, -0.2) is 4.79 Å². The summed E-state index contributed by atoms with van der Waals surface area (Å²) in [5.74, 6) is 6.73. The molecular weight excluding hydrogens is 456 g/mol. The van der Waals surface area contributed by atoms with Gasteiger partial charge in [-0.15, -0.1) is 6.42 Å². The van der Waals surface area contributed by atoms with Crippen LogP contribution in [0.5, 0.6) is 17.2 Å². The molecule has 1 heterocycles. The average molecular weight is 493 g/mol. The molecule has 0 amide bonds. The van der Waals surface area contributed by atoms with Crippen molar-refractivity contribution in [2.24, 2.45) is 29.1 Å². The van der Waals surface area contributed by atoms with Crippen LogP contribution < -0.4 is 14.2 Å². The molecule has 7 atom stereocenters. The fraction of sp³-hybridized carbons (Fsp3) is 0.633. The Balaban J connectivity index is 1.18. The number of rotatable bonds is 5. The second kappa shape index (κ2) is 9.03. The number of terminal acetylenes is 1. The van der Waals surface area contributed by atoms with Gasteiger partial charge in [-0.1, -0.05) is 24.5 Å². The third kappa shape index (κ3) is 3.62. The predicted octanol–water partition coefficient (Wildman–Crippen LogP) is 5.03. The smallest absolute Gasteiger partial charge is 0.345 e. The van der Waals surface area contributed by atoms with Crippen LogP contribution in [0, 0.1) is 41.4 Å². The van der Waals surface area contributed by atoms with E-state index in [4.69, 9.17) is 25.4 Å². The summed E-state index contributed by atoms with van der Waals surface area (Å²) < 4.78 is 22.7. The Labute approximate surface area is 213 Å². The van der Waals surface area contributed by atoms with Crippen molar-refractivity contribution in [2.75, 3.05) is 13.4 Å². The SMILES string of the molecule is C#C[C@]1(OC(=O)COc2ccc3c(c2)OCO3)CCC2C3CCC4=CC(O)CCC4C3CC[C@@]21CC. The highest BCUT2D eigenvalue weighted by Gasteiger charge is 2.65. The molecule has 0 bridgehead atoms. The van der Waals surface area contributed by atoms with E-state index in [1.165, 1.54) is 5.57 Å². The number of carbonyl (C=O) groups is 1. The molecule has 192 valence electrons. The zero-order valence-corrected chi connectivity index (χ0v) is 21.0. The van der Waals surface area contributed by atoms with E-state index in [2.05, 4.69) is 18.9 Å². The van der Waals surface area contributed by atoms with Crippen molar-refractivity contribution in [3.8, 4) is 29.6 Å². The fourth-order valence-corrected chi connectivity index (χ4v) is 8.58. The summed E-state index contributed by atoms with van der Waals surface area (Å²) in [5.41, 5.74) is 0.408. The number of hydrogen-bond donors (Lipinski definition) is 1. The van der Waals surface area contributed by atoms with E-state index >= 15 is 0 Å². The minimum atomic E-state index is -0.883. The Morgan fingerprint density at radius 1 is 1.14 bits per heavy atom. The average Bonchev–Trinajstić information content (AvgIpc) is 3.49. The standard InChI is InChI=1S/C30H36O6/c1-3-29-13-11-23-22-9-6-20(31)15-19(22)5-8-24(23)25(29)12-14-30(29,4-2)36-28(32)17-33-21-7-10-26-27(16-21)35-18-34-26/h2,7,10,15-16,20,22-25,31H,3,5-6,8-9,11-14,17-18H2,1H3/t20?,22?,23?,24?,25?,29-,30-/m0/s1. The van der Waals surface area contributed by atoms with Crippen molar-refractivity contribution in [3.05, 3.63) is 29.8 Å². The summed E-state index contributed by atoms with van der Waals surface area (Å²) in [6.45, 7) is 2.21. The lowest BCUT2D eigenvalue weighted by atomic mass is 9.49. The first-order chi connectivity index (χ1) is 17.5. The minimum Gasteiger partial charge on any atom is -0.482 e. The molecule has 5 aliphatic rings. The molecule has 4 aliphatic carbocycles. The van der Waals surface area contributed by atoms with Crippen LogP contribution in [-0.4, -0.2) is 36.2 Å². The zero-order valence-electron chi connectivity index (χ0n) is 21.0. The maximum absolute atomic E-state index is 13.1. The molecule has 3 saturated carbocycles. The number of fused-ring (bicyclic) bond motifs is 6. The number of benzene rings is 1. The number of ether oxygens (including phenoxy) is 4. The number of allylic oxidation sites excluding steroid dienone is 1. The van der Waals surface area contributed by atoms with Gasteiger partial charge in [-0.2, -0.15) is 0 Å². The Hall–Kier alpha value is -2.65. The lowest BCUT2D eigenvalue weighted by molar-refractivity contribution is -0.175. The molecule has 6 nitrogen and oxygen atoms in total. The van der Waals surface area contributed by atoms with E-state index in [-0.39, 0.29) is 24.9 Å². The van der Waals surface area contributed by atoms with Crippen LogP contribution in [0.3, 0.4) is 0 Å². The molecule has 6 heteroatoms. The topological polar surface area (TPSA) is 74.2 Å². The molecule has 1 aliphatic heterocycles. The van der Waals surface area contributed by atoms with Gasteiger partial charge in [0.15, 0.2) is 23.7 Å². The second-order valence-electron chi connectivity index (χ2n) is 11.3. The fourth-order valence-electron chi connectivity index (χ4n) is 8.58. The number of aliphatic hydroxyl groups excluding tert-OH is 1. The Bertz CT molecular complexity index is 1100. The van der Waals surface area contributed by atoms with Crippen LogP contribution in [0.1, 0.15) is 64.7 Å². The van der Waals surface area contributed by atoms with Crippen molar-refractivity contribution in [1.29, 1.82) is 0 Å². The zero-order chi connectivity index (χ0) is 24.9. The third-order valence-corrected chi connectivity index (χ3v) is 10.1. The Kier molecular flexibility index (Phi) is 5.95. The van der Waals surface area contributed by atoms with Gasteiger partial charge in [-0.3, -0.25) is 0 Å². The minimum absolute atomic E-state index is 0.188. The van der Waals surface area contributed by atoms with Gasteiger partial charge >= 0.3 is 5.97 Å². The van der Waals surface area contributed by atoms with E-state index in [9.17, 15) is 9.90 Å². The molecule has 0 saturated heterocycles. The summed E-state index contributed by atoms with van der Waals surface area (Å²) in [7, 11) is 0. The molecule has 0 spiro atoms. The van der Waals surface area contributed by atoms with E-state index in [0.29, 0.717) is 47.3 Å². The van der Waals surface area contributed by atoms with Crippen molar-refractivity contribution < 1.29 is 28.8 Å². The Morgan fingerprint density at radius 2 is 2.00 bits per heavy atom. The van der Waals surface area contributed by atoms with E-state index in [1.807, 2.05) is 0 Å². The highest BCUT2D eigenvalue weighted by atomic mass is 16.7. The summed E-state index contributed by atoms with van der Waals surface area (Å²) in [6, 6.07) is 5.26. The summed E-state index contributed by atoms with van der Waals surface area (Å²) in [6.07, 6.45) is 17.0. The lowest BCUT2D eigenvalue weighted by Crippen LogP contribution is -2.55. The molecule has 3 fully saturated rings. The first-order valence-electron chi connectivity index (χ1n) is 13.6. The Morgan fingerprint density at radius 3 is 2.83 bits per heavy atom. The predicted molar refractivity (Wildman–Crippen MR) is 133 cm³/mol.